The van der Waals surface area contributed by atoms with E-state index < -0.39 is 0 Å². The molecule has 0 spiro atoms. The molecule has 92 valence electrons. The Balaban J connectivity index is 2.36. The SMILES string of the molecule is CCCCCCC(C#N)Nc1ccc(Br)cc1. The zero-order valence-electron chi connectivity index (χ0n) is 10.2. The zero-order chi connectivity index (χ0) is 12.5. The maximum Gasteiger partial charge on any atom is 0.114 e. The van der Waals surface area contributed by atoms with Gasteiger partial charge in [0.2, 0.25) is 0 Å². The third-order valence-corrected chi connectivity index (χ3v) is 3.22. The van der Waals surface area contributed by atoms with Gasteiger partial charge in [0.1, 0.15) is 6.04 Å². The summed E-state index contributed by atoms with van der Waals surface area (Å²) in [6.07, 6.45) is 5.76. The van der Waals surface area contributed by atoms with Crippen molar-refractivity contribution in [2.75, 3.05) is 5.32 Å². The number of unbranched alkanes of at least 4 members (excludes halogenated alkanes) is 3. The predicted molar refractivity (Wildman–Crippen MR) is 75.9 cm³/mol. The lowest BCUT2D eigenvalue weighted by molar-refractivity contribution is 0.618. The van der Waals surface area contributed by atoms with Gasteiger partial charge in [-0.05, 0) is 30.7 Å². The van der Waals surface area contributed by atoms with Gasteiger partial charge in [0.15, 0.2) is 0 Å². The summed E-state index contributed by atoms with van der Waals surface area (Å²) >= 11 is 3.40. The molecule has 0 heterocycles. The van der Waals surface area contributed by atoms with E-state index in [4.69, 9.17) is 5.26 Å². The van der Waals surface area contributed by atoms with E-state index in [1.165, 1.54) is 19.3 Å². The Morgan fingerprint density at radius 1 is 1.24 bits per heavy atom. The highest BCUT2D eigenvalue weighted by atomic mass is 79.9. The highest BCUT2D eigenvalue weighted by Gasteiger charge is 2.06. The molecule has 0 fully saturated rings. The second kappa shape index (κ2) is 8.14. The molecule has 1 aromatic rings. The van der Waals surface area contributed by atoms with Crippen LogP contribution in [-0.2, 0) is 0 Å². The number of anilines is 1. The molecule has 17 heavy (non-hydrogen) atoms. The fraction of sp³-hybridized carbons (Fsp3) is 0.500. The molecule has 0 aliphatic rings. The van der Waals surface area contributed by atoms with Gasteiger partial charge in [-0.1, -0.05) is 48.5 Å². The van der Waals surface area contributed by atoms with Crippen LogP contribution in [0.4, 0.5) is 5.69 Å². The van der Waals surface area contributed by atoms with E-state index in [0.29, 0.717) is 0 Å². The molecule has 1 aromatic carbocycles. The second-order valence-electron chi connectivity index (χ2n) is 4.18. The number of halogens is 1. The van der Waals surface area contributed by atoms with Crippen molar-refractivity contribution in [2.24, 2.45) is 0 Å². The minimum atomic E-state index is -0.0759. The van der Waals surface area contributed by atoms with Gasteiger partial charge in [-0.3, -0.25) is 0 Å². The topological polar surface area (TPSA) is 35.8 Å². The van der Waals surface area contributed by atoms with Gasteiger partial charge in [-0.2, -0.15) is 5.26 Å². The van der Waals surface area contributed by atoms with Crippen LogP contribution in [0.15, 0.2) is 28.7 Å². The highest BCUT2D eigenvalue weighted by molar-refractivity contribution is 9.10. The fourth-order valence-electron chi connectivity index (χ4n) is 1.69. The quantitative estimate of drug-likeness (QED) is 0.738. The summed E-state index contributed by atoms with van der Waals surface area (Å²) in [5, 5.41) is 12.3. The summed E-state index contributed by atoms with van der Waals surface area (Å²) in [6.45, 7) is 2.20. The number of benzene rings is 1. The zero-order valence-corrected chi connectivity index (χ0v) is 11.8. The van der Waals surface area contributed by atoms with Crippen molar-refractivity contribution >= 4 is 21.6 Å². The molecule has 0 saturated heterocycles. The summed E-state index contributed by atoms with van der Waals surface area (Å²) in [7, 11) is 0. The molecular weight excluding hydrogens is 276 g/mol. The number of nitrogens with zero attached hydrogens (tertiary/aromatic N) is 1. The minimum absolute atomic E-state index is 0.0759. The van der Waals surface area contributed by atoms with Crippen LogP contribution in [0.25, 0.3) is 0 Å². The molecule has 0 aliphatic heterocycles. The van der Waals surface area contributed by atoms with Crippen LogP contribution in [0, 0.1) is 11.3 Å². The molecule has 0 radical (unpaired) electrons. The molecule has 0 aliphatic carbocycles. The van der Waals surface area contributed by atoms with Crippen molar-refractivity contribution in [1.82, 2.24) is 0 Å². The van der Waals surface area contributed by atoms with E-state index in [9.17, 15) is 0 Å². The largest absolute Gasteiger partial charge is 0.370 e. The van der Waals surface area contributed by atoms with Crippen molar-refractivity contribution in [3.05, 3.63) is 28.7 Å². The molecule has 1 rings (SSSR count). The third kappa shape index (κ3) is 5.74. The van der Waals surface area contributed by atoms with Crippen molar-refractivity contribution < 1.29 is 0 Å². The molecule has 1 N–H and O–H groups in total. The van der Waals surface area contributed by atoms with E-state index >= 15 is 0 Å². The third-order valence-electron chi connectivity index (χ3n) is 2.69. The van der Waals surface area contributed by atoms with Crippen molar-refractivity contribution in [1.29, 1.82) is 5.26 Å². The lowest BCUT2D eigenvalue weighted by Gasteiger charge is -2.12. The van der Waals surface area contributed by atoms with Gasteiger partial charge in [0, 0.05) is 10.2 Å². The van der Waals surface area contributed by atoms with Crippen molar-refractivity contribution in [3.63, 3.8) is 0 Å². The van der Waals surface area contributed by atoms with Gasteiger partial charge in [0.05, 0.1) is 6.07 Å². The first-order chi connectivity index (χ1) is 8.26. The molecule has 0 bridgehead atoms. The van der Waals surface area contributed by atoms with Crippen LogP contribution in [0.1, 0.15) is 39.0 Å². The maximum absolute atomic E-state index is 9.08. The Bertz CT molecular complexity index is 353. The van der Waals surface area contributed by atoms with Crippen LogP contribution in [-0.4, -0.2) is 6.04 Å². The molecule has 3 heteroatoms. The first-order valence-electron chi connectivity index (χ1n) is 6.18. The average Bonchev–Trinajstić information content (AvgIpc) is 2.35. The summed E-state index contributed by atoms with van der Waals surface area (Å²) in [5.74, 6) is 0. The molecule has 1 atom stereocenters. The molecule has 2 nitrogen and oxygen atoms in total. The Morgan fingerprint density at radius 3 is 2.53 bits per heavy atom. The van der Waals surface area contributed by atoms with E-state index in [0.717, 1.165) is 23.0 Å². The normalized spacial score (nSPS) is 11.8. The standard InChI is InChI=1S/C14H19BrN2/c1-2-3-4-5-6-14(11-16)17-13-9-7-12(15)8-10-13/h7-10,14,17H,2-6H2,1H3. The number of nitrogens with one attached hydrogen (secondary N) is 1. The Labute approximate surface area is 112 Å². The lowest BCUT2D eigenvalue weighted by Crippen LogP contribution is -2.16. The number of rotatable bonds is 7. The van der Waals surface area contributed by atoms with Crippen LogP contribution < -0.4 is 5.32 Å². The van der Waals surface area contributed by atoms with Crippen LogP contribution in [0.3, 0.4) is 0 Å². The first kappa shape index (κ1) is 14.1. The Hall–Kier alpha value is -1.01. The Kier molecular flexibility index (Phi) is 6.73. The molecule has 1 unspecified atom stereocenters. The van der Waals surface area contributed by atoms with Gasteiger partial charge in [-0.25, -0.2) is 0 Å². The molecule has 0 saturated carbocycles. The van der Waals surface area contributed by atoms with Crippen molar-refractivity contribution in [3.8, 4) is 6.07 Å². The Morgan fingerprint density at radius 2 is 1.94 bits per heavy atom. The van der Waals surface area contributed by atoms with Gasteiger partial charge in [0.25, 0.3) is 0 Å². The number of hydrogen-bond donors (Lipinski definition) is 1. The van der Waals surface area contributed by atoms with Gasteiger partial charge < -0.3 is 5.32 Å². The fourth-order valence-corrected chi connectivity index (χ4v) is 1.96. The van der Waals surface area contributed by atoms with E-state index in [2.05, 4.69) is 34.2 Å². The minimum Gasteiger partial charge on any atom is -0.370 e. The summed E-state index contributed by atoms with van der Waals surface area (Å²) in [6, 6.07) is 10.2. The lowest BCUT2D eigenvalue weighted by atomic mass is 10.1. The molecule has 0 aromatic heterocycles. The monoisotopic (exact) mass is 294 g/mol. The maximum atomic E-state index is 9.08. The van der Waals surface area contributed by atoms with E-state index in [-0.39, 0.29) is 6.04 Å². The number of nitriles is 1. The van der Waals surface area contributed by atoms with Crippen LogP contribution in [0.5, 0.6) is 0 Å². The summed E-state index contributed by atoms with van der Waals surface area (Å²) in [4.78, 5) is 0. The summed E-state index contributed by atoms with van der Waals surface area (Å²) in [5.41, 5.74) is 1.01. The highest BCUT2D eigenvalue weighted by Crippen LogP contribution is 2.16. The van der Waals surface area contributed by atoms with E-state index in [1.807, 2.05) is 24.3 Å². The molecular formula is C14H19BrN2. The van der Waals surface area contributed by atoms with Gasteiger partial charge in [-0.15, -0.1) is 0 Å². The smallest absolute Gasteiger partial charge is 0.114 e. The summed E-state index contributed by atoms with van der Waals surface area (Å²) < 4.78 is 1.06. The van der Waals surface area contributed by atoms with Crippen LogP contribution >= 0.6 is 15.9 Å². The number of hydrogen-bond acceptors (Lipinski definition) is 2. The van der Waals surface area contributed by atoms with E-state index in [1.54, 1.807) is 0 Å². The van der Waals surface area contributed by atoms with Crippen molar-refractivity contribution in [2.45, 2.75) is 45.1 Å². The molecule has 0 amide bonds. The predicted octanol–water partition coefficient (Wildman–Crippen LogP) is 4.72. The average molecular weight is 295 g/mol. The second-order valence-corrected chi connectivity index (χ2v) is 5.10. The first-order valence-corrected chi connectivity index (χ1v) is 6.97. The van der Waals surface area contributed by atoms with Crippen LogP contribution in [0.2, 0.25) is 0 Å². The van der Waals surface area contributed by atoms with Gasteiger partial charge >= 0.3 is 0 Å².